The molecule has 0 fully saturated rings. The monoisotopic (exact) mass is 229 g/mol. The number of hydrogen-bond donors (Lipinski definition) is 2. The molecule has 0 spiro atoms. The predicted octanol–water partition coefficient (Wildman–Crippen LogP) is 2.58. The van der Waals surface area contributed by atoms with Gasteiger partial charge in [-0.15, -0.1) is 0 Å². The lowest BCUT2D eigenvalue weighted by Crippen LogP contribution is -1.98. The van der Waals surface area contributed by atoms with Gasteiger partial charge in [0, 0.05) is 5.69 Å². The van der Waals surface area contributed by atoms with Gasteiger partial charge in [0.15, 0.2) is 0 Å². The van der Waals surface area contributed by atoms with Crippen LogP contribution in [0.1, 0.15) is 5.56 Å². The van der Waals surface area contributed by atoms with Crippen molar-refractivity contribution in [3.63, 3.8) is 0 Å². The highest BCUT2D eigenvalue weighted by Gasteiger charge is 1.96. The lowest BCUT2D eigenvalue weighted by molar-refractivity contribution is -0.136. The van der Waals surface area contributed by atoms with Gasteiger partial charge < -0.3 is 10.8 Å². The molecule has 0 bridgehead atoms. The average Bonchev–Trinajstić information content (AvgIpc) is 2.31. The molecule has 2 aromatic rings. The van der Waals surface area contributed by atoms with Gasteiger partial charge in [0.05, 0.1) is 6.42 Å². The number of benzene rings is 2. The molecule has 0 heterocycles. The van der Waals surface area contributed by atoms with Crippen molar-refractivity contribution in [3.8, 4) is 0 Å². The largest absolute Gasteiger partial charge is 0.481 e. The van der Waals surface area contributed by atoms with Crippen molar-refractivity contribution in [2.45, 2.75) is 6.42 Å². The van der Waals surface area contributed by atoms with E-state index in [4.69, 9.17) is 10.8 Å². The number of nitrogens with two attached hydrogens (primary N) is 1. The Balaban J connectivity index is 0.000000181. The maximum Gasteiger partial charge on any atom is 0.307 e. The van der Waals surface area contributed by atoms with Crippen LogP contribution in [0.3, 0.4) is 0 Å². The van der Waals surface area contributed by atoms with Crippen LogP contribution in [0.25, 0.3) is 0 Å². The number of carbonyl (C=O) groups is 1. The van der Waals surface area contributed by atoms with Crippen LogP contribution in [-0.4, -0.2) is 11.1 Å². The first-order valence-corrected chi connectivity index (χ1v) is 5.24. The van der Waals surface area contributed by atoms with Gasteiger partial charge in [0.25, 0.3) is 0 Å². The summed E-state index contributed by atoms with van der Waals surface area (Å²) in [5.41, 5.74) is 7.02. The van der Waals surface area contributed by atoms with E-state index in [-0.39, 0.29) is 6.42 Å². The molecule has 2 rings (SSSR count). The van der Waals surface area contributed by atoms with Crippen LogP contribution in [0.4, 0.5) is 5.69 Å². The molecule has 2 aromatic carbocycles. The number of para-hydroxylation sites is 1. The fourth-order valence-electron chi connectivity index (χ4n) is 1.22. The standard InChI is InChI=1S/C8H8O2.C6H7N/c9-8(10)6-7-4-2-1-3-5-7;7-6-4-2-1-3-5-6/h1-5H,6H2,(H,9,10);1-5H,7H2. The molecule has 88 valence electrons. The van der Waals surface area contributed by atoms with Crippen LogP contribution in [-0.2, 0) is 11.2 Å². The summed E-state index contributed by atoms with van der Waals surface area (Å²) >= 11 is 0. The molecule has 3 heteroatoms. The molecule has 0 aromatic heterocycles. The summed E-state index contributed by atoms with van der Waals surface area (Å²) in [4.78, 5) is 10.2. The van der Waals surface area contributed by atoms with Crippen LogP contribution >= 0.6 is 0 Å². The van der Waals surface area contributed by atoms with E-state index in [1.165, 1.54) is 0 Å². The number of aliphatic carboxylic acids is 1. The lowest BCUT2D eigenvalue weighted by Gasteiger charge is -1.92. The third kappa shape index (κ3) is 5.99. The van der Waals surface area contributed by atoms with E-state index in [1.54, 1.807) is 12.1 Å². The second-order valence-corrected chi connectivity index (χ2v) is 3.47. The summed E-state index contributed by atoms with van der Waals surface area (Å²) in [6, 6.07) is 18.6. The molecule has 0 atom stereocenters. The molecular formula is C14H15NO2. The van der Waals surface area contributed by atoms with E-state index in [0.717, 1.165) is 11.3 Å². The van der Waals surface area contributed by atoms with Crippen molar-refractivity contribution in [1.29, 1.82) is 0 Å². The van der Waals surface area contributed by atoms with Gasteiger partial charge in [-0.3, -0.25) is 4.79 Å². The van der Waals surface area contributed by atoms with Crippen LogP contribution in [0.15, 0.2) is 60.7 Å². The number of nitrogen functional groups attached to an aromatic ring is 1. The zero-order valence-electron chi connectivity index (χ0n) is 9.41. The molecule has 3 nitrogen and oxygen atoms in total. The van der Waals surface area contributed by atoms with Crippen molar-refractivity contribution >= 4 is 11.7 Å². The first-order chi connectivity index (χ1) is 8.18. The van der Waals surface area contributed by atoms with E-state index in [9.17, 15) is 4.79 Å². The average molecular weight is 229 g/mol. The topological polar surface area (TPSA) is 63.3 Å². The third-order valence-corrected chi connectivity index (χ3v) is 2.00. The van der Waals surface area contributed by atoms with Gasteiger partial charge in [-0.25, -0.2) is 0 Å². The summed E-state index contributed by atoms with van der Waals surface area (Å²) in [5, 5.41) is 8.37. The van der Waals surface area contributed by atoms with Crippen LogP contribution in [0.5, 0.6) is 0 Å². The smallest absolute Gasteiger partial charge is 0.307 e. The van der Waals surface area contributed by atoms with Gasteiger partial charge in [0.1, 0.15) is 0 Å². The normalized spacial score (nSPS) is 8.94. The summed E-state index contributed by atoms with van der Waals surface area (Å²) in [6.45, 7) is 0. The van der Waals surface area contributed by atoms with E-state index < -0.39 is 5.97 Å². The molecule has 0 unspecified atom stereocenters. The highest BCUT2D eigenvalue weighted by atomic mass is 16.4. The fourth-order valence-corrected chi connectivity index (χ4v) is 1.22. The number of carboxylic acids is 1. The van der Waals surface area contributed by atoms with E-state index in [2.05, 4.69) is 0 Å². The Kier molecular flexibility index (Phi) is 5.31. The van der Waals surface area contributed by atoms with E-state index >= 15 is 0 Å². The van der Waals surface area contributed by atoms with Crippen molar-refractivity contribution in [2.24, 2.45) is 0 Å². The van der Waals surface area contributed by atoms with Crippen molar-refractivity contribution in [3.05, 3.63) is 66.2 Å². The lowest BCUT2D eigenvalue weighted by atomic mass is 10.2. The quantitative estimate of drug-likeness (QED) is 0.778. The van der Waals surface area contributed by atoms with Crippen molar-refractivity contribution in [2.75, 3.05) is 5.73 Å². The van der Waals surface area contributed by atoms with Crippen molar-refractivity contribution in [1.82, 2.24) is 0 Å². The second kappa shape index (κ2) is 7.06. The van der Waals surface area contributed by atoms with Crippen LogP contribution in [0.2, 0.25) is 0 Å². The Hall–Kier alpha value is -2.29. The molecule has 17 heavy (non-hydrogen) atoms. The molecular weight excluding hydrogens is 214 g/mol. The van der Waals surface area contributed by atoms with Crippen LogP contribution < -0.4 is 5.73 Å². The summed E-state index contributed by atoms with van der Waals surface area (Å²) < 4.78 is 0. The molecule has 3 N–H and O–H groups in total. The van der Waals surface area contributed by atoms with Gasteiger partial charge in [-0.1, -0.05) is 48.5 Å². The molecule has 0 aliphatic heterocycles. The molecule has 0 radical (unpaired) electrons. The maximum absolute atomic E-state index is 10.2. The Bertz CT molecular complexity index is 440. The van der Waals surface area contributed by atoms with Gasteiger partial charge in [0.2, 0.25) is 0 Å². The minimum Gasteiger partial charge on any atom is -0.481 e. The Morgan fingerprint density at radius 2 is 1.41 bits per heavy atom. The van der Waals surface area contributed by atoms with E-state index in [0.29, 0.717) is 0 Å². The Morgan fingerprint density at radius 3 is 1.76 bits per heavy atom. The van der Waals surface area contributed by atoms with E-state index in [1.807, 2.05) is 48.5 Å². The SMILES string of the molecule is Nc1ccccc1.O=C(O)Cc1ccccc1. The molecule has 0 aliphatic rings. The predicted molar refractivity (Wildman–Crippen MR) is 68.6 cm³/mol. The Labute approximate surface area is 101 Å². The van der Waals surface area contributed by atoms with Gasteiger partial charge >= 0.3 is 5.97 Å². The maximum atomic E-state index is 10.2. The summed E-state index contributed by atoms with van der Waals surface area (Å²) in [5.74, 6) is -0.786. The molecule has 0 amide bonds. The third-order valence-electron chi connectivity index (χ3n) is 2.00. The van der Waals surface area contributed by atoms with Gasteiger partial charge in [-0.2, -0.15) is 0 Å². The molecule has 0 saturated heterocycles. The summed E-state index contributed by atoms with van der Waals surface area (Å²) in [7, 11) is 0. The minimum absolute atomic E-state index is 0.112. The molecule has 0 aliphatic carbocycles. The second-order valence-electron chi connectivity index (χ2n) is 3.47. The van der Waals surface area contributed by atoms with Crippen LogP contribution in [0, 0.1) is 0 Å². The Morgan fingerprint density at radius 1 is 0.941 bits per heavy atom. The summed E-state index contributed by atoms with van der Waals surface area (Å²) in [6.07, 6.45) is 0.112. The van der Waals surface area contributed by atoms with Crippen molar-refractivity contribution < 1.29 is 9.90 Å². The number of hydrogen-bond acceptors (Lipinski definition) is 2. The number of carboxylic acid groups (broad SMARTS) is 1. The zero-order valence-corrected chi connectivity index (χ0v) is 9.41. The zero-order chi connectivity index (χ0) is 12.5. The first-order valence-electron chi connectivity index (χ1n) is 5.24. The minimum atomic E-state index is -0.786. The highest BCUT2D eigenvalue weighted by Crippen LogP contribution is 1.98. The van der Waals surface area contributed by atoms with Gasteiger partial charge in [-0.05, 0) is 17.7 Å². The molecule has 0 saturated carbocycles. The number of rotatable bonds is 2. The highest BCUT2D eigenvalue weighted by molar-refractivity contribution is 5.70. The fraction of sp³-hybridized carbons (Fsp3) is 0.0714. The first kappa shape index (κ1) is 12.8. The number of anilines is 1.